The fraction of sp³-hybridized carbons (Fsp3) is 0.583. The molecule has 0 aromatic carbocycles. The highest BCUT2D eigenvalue weighted by Gasteiger charge is 2.46. The summed E-state index contributed by atoms with van der Waals surface area (Å²) in [5, 5.41) is 0. The molecule has 1 aromatic rings. The van der Waals surface area contributed by atoms with Gasteiger partial charge in [-0.05, 0) is 29.9 Å². The molecule has 1 fully saturated rings. The Hall–Kier alpha value is -0.890. The zero-order valence-electron chi connectivity index (χ0n) is 8.96. The van der Waals surface area contributed by atoms with Crippen molar-refractivity contribution in [1.82, 2.24) is 4.98 Å². The Morgan fingerprint density at radius 1 is 1.36 bits per heavy atom. The molecule has 1 heterocycles. The molecule has 0 aliphatic heterocycles. The van der Waals surface area contributed by atoms with Crippen molar-refractivity contribution in [2.75, 3.05) is 0 Å². The van der Waals surface area contributed by atoms with E-state index in [9.17, 15) is 0 Å². The molecule has 2 N–H and O–H groups in total. The maximum atomic E-state index is 6.52. The summed E-state index contributed by atoms with van der Waals surface area (Å²) in [5.74, 6) is 0. The van der Waals surface area contributed by atoms with E-state index in [-0.39, 0.29) is 11.0 Å². The fourth-order valence-corrected chi connectivity index (χ4v) is 2.53. The van der Waals surface area contributed by atoms with Crippen LogP contribution in [0.25, 0.3) is 0 Å². The topological polar surface area (TPSA) is 38.9 Å². The Bertz CT molecular complexity index is 318. The second-order valence-electron chi connectivity index (χ2n) is 4.95. The van der Waals surface area contributed by atoms with Crippen LogP contribution in [0.3, 0.4) is 0 Å². The van der Waals surface area contributed by atoms with Crippen molar-refractivity contribution >= 4 is 0 Å². The summed E-state index contributed by atoms with van der Waals surface area (Å²) in [6, 6.07) is 4.07. The third-order valence-electron chi connectivity index (χ3n) is 3.76. The summed E-state index contributed by atoms with van der Waals surface area (Å²) >= 11 is 0. The summed E-state index contributed by atoms with van der Waals surface area (Å²) in [6.07, 6.45) is 7.21. The number of nitrogens with two attached hydrogens (primary N) is 1. The van der Waals surface area contributed by atoms with Crippen LogP contribution in [-0.4, -0.2) is 4.98 Å². The zero-order valence-corrected chi connectivity index (χ0v) is 8.96. The van der Waals surface area contributed by atoms with Crippen LogP contribution in [0.1, 0.15) is 38.7 Å². The molecular weight excluding hydrogens is 172 g/mol. The third-order valence-corrected chi connectivity index (χ3v) is 3.76. The van der Waals surface area contributed by atoms with Crippen LogP contribution >= 0.6 is 0 Å². The summed E-state index contributed by atoms with van der Waals surface area (Å²) in [5.41, 5.74) is 7.71. The van der Waals surface area contributed by atoms with Gasteiger partial charge in [0.25, 0.3) is 0 Å². The highest BCUT2D eigenvalue weighted by atomic mass is 14.8. The van der Waals surface area contributed by atoms with Gasteiger partial charge in [-0.15, -0.1) is 0 Å². The number of nitrogens with zero attached hydrogens (tertiary/aromatic N) is 1. The Kier molecular flexibility index (Phi) is 2.11. The number of aromatic nitrogens is 1. The molecule has 1 unspecified atom stereocenters. The second kappa shape index (κ2) is 3.06. The van der Waals surface area contributed by atoms with E-state index in [1.807, 2.05) is 12.3 Å². The first-order valence-electron chi connectivity index (χ1n) is 5.26. The van der Waals surface area contributed by atoms with Crippen LogP contribution in [0.2, 0.25) is 0 Å². The average Bonchev–Trinajstić information content (AvgIpc) is 2.44. The van der Waals surface area contributed by atoms with Gasteiger partial charge in [-0.25, -0.2) is 0 Å². The van der Waals surface area contributed by atoms with E-state index in [1.165, 1.54) is 18.4 Å². The van der Waals surface area contributed by atoms with Gasteiger partial charge >= 0.3 is 0 Å². The lowest BCUT2D eigenvalue weighted by Gasteiger charge is -2.38. The van der Waals surface area contributed by atoms with Crippen LogP contribution < -0.4 is 5.73 Å². The predicted octanol–water partition coefficient (Wildman–Crippen LogP) is 2.45. The van der Waals surface area contributed by atoms with Crippen LogP contribution in [0, 0.1) is 5.41 Å². The van der Waals surface area contributed by atoms with Crippen molar-refractivity contribution < 1.29 is 0 Å². The molecule has 0 spiro atoms. The number of pyridine rings is 1. The summed E-state index contributed by atoms with van der Waals surface area (Å²) in [6.45, 7) is 4.51. The fourth-order valence-electron chi connectivity index (χ4n) is 2.53. The Balaban J connectivity index is 2.42. The van der Waals surface area contributed by atoms with Crippen molar-refractivity contribution in [2.24, 2.45) is 11.1 Å². The van der Waals surface area contributed by atoms with Gasteiger partial charge < -0.3 is 5.73 Å². The van der Waals surface area contributed by atoms with Crippen LogP contribution in [0.15, 0.2) is 24.5 Å². The van der Waals surface area contributed by atoms with Gasteiger partial charge in [-0.2, -0.15) is 0 Å². The van der Waals surface area contributed by atoms with Crippen molar-refractivity contribution in [2.45, 2.75) is 38.6 Å². The van der Waals surface area contributed by atoms with Gasteiger partial charge in [0.1, 0.15) is 0 Å². The van der Waals surface area contributed by atoms with Gasteiger partial charge in [0.2, 0.25) is 0 Å². The zero-order chi connectivity index (χ0) is 10.2. The second-order valence-corrected chi connectivity index (χ2v) is 4.95. The molecule has 14 heavy (non-hydrogen) atoms. The van der Waals surface area contributed by atoms with Gasteiger partial charge in [0.05, 0.1) is 0 Å². The summed E-state index contributed by atoms with van der Waals surface area (Å²) < 4.78 is 0. The molecular formula is C12H18N2. The maximum Gasteiger partial charge on any atom is 0.0476 e. The summed E-state index contributed by atoms with van der Waals surface area (Å²) in [4.78, 5) is 4.16. The van der Waals surface area contributed by atoms with Crippen molar-refractivity contribution in [3.05, 3.63) is 30.1 Å². The molecule has 2 rings (SSSR count). The highest BCUT2D eigenvalue weighted by Crippen LogP contribution is 2.50. The first-order valence-corrected chi connectivity index (χ1v) is 5.26. The lowest BCUT2D eigenvalue weighted by atomic mass is 9.72. The molecule has 0 radical (unpaired) electrons. The SMILES string of the molecule is CC1(C)CCCC1(N)c1cccnc1. The first-order chi connectivity index (χ1) is 6.56. The normalized spacial score (nSPS) is 30.5. The monoisotopic (exact) mass is 190 g/mol. The number of rotatable bonds is 1. The van der Waals surface area contributed by atoms with Crippen LogP contribution in [0.4, 0.5) is 0 Å². The van der Waals surface area contributed by atoms with E-state index in [1.54, 1.807) is 6.20 Å². The smallest absolute Gasteiger partial charge is 0.0476 e. The molecule has 2 heteroatoms. The first kappa shape index (κ1) is 9.66. The number of hydrogen-bond donors (Lipinski definition) is 1. The van der Waals surface area contributed by atoms with E-state index in [0.29, 0.717) is 0 Å². The Labute approximate surface area is 85.5 Å². The highest BCUT2D eigenvalue weighted by molar-refractivity contribution is 5.25. The van der Waals surface area contributed by atoms with E-state index in [0.717, 1.165) is 6.42 Å². The lowest BCUT2D eigenvalue weighted by Crippen LogP contribution is -2.45. The van der Waals surface area contributed by atoms with Crippen LogP contribution in [0.5, 0.6) is 0 Å². The van der Waals surface area contributed by atoms with Gasteiger partial charge in [-0.1, -0.05) is 26.3 Å². The minimum Gasteiger partial charge on any atom is -0.321 e. The maximum absolute atomic E-state index is 6.52. The van der Waals surface area contributed by atoms with Crippen molar-refractivity contribution in [3.63, 3.8) is 0 Å². The molecule has 1 aliphatic rings. The molecule has 0 bridgehead atoms. The van der Waals surface area contributed by atoms with Gasteiger partial charge in [-0.3, -0.25) is 4.98 Å². The Morgan fingerprint density at radius 3 is 2.64 bits per heavy atom. The van der Waals surface area contributed by atoms with Crippen molar-refractivity contribution in [1.29, 1.82) is 0 Å². The Morgan fingerprint density at radius 2 is 2.14 bits per heavy atom. The minimum atomic E-state index is -0.179. The van der Waals surface area contributed by atoms with E-state index in [2.05, 4.69) is 24.9 Å². The van der Waals surface area contributed by atoms with Crippen molar-refractivity contribution in [3.8, 4) is 0 Å². The largest absolute Gasteiger partial charge is 0.321 e. The molecule has 1 aromatic heterocycles. The molecule has 0 saturated heterocycles. The molecule has 1 saturated carbocycles. The molecule has 1 aliphatic carbocycles. The molecule has 2 nitrogen and oxygen atoms in total. The standard InChI is InChI=1S/C12H18N2/c1-11(2)6-4-7-12(11,13)10-5-3-8-14-9-10/h3,5,8-9H,4,6-7,13H2,1-2H3. The predicted molar refractivity (Wildman–Crippen MR) is 57.7 cm³/mol. The minimum absolute atomic E-state index is 0.179. The number of hydrogen-bond acceptors (Lipinski definition) is 2. The average molecular weight is 190 g/mol. The van der Waals surface area contributed by atoms with E-state index in [4.69, 9.17) is 5.73 Å². The van der Waals surface area contributed by atoms with Crippen LogP contribution in [-0.2, 0) is 5.54 Å². The third kappa shape index (κ3) is 1.25. The van der Waals surface area contributed by atoms with Gasteiger partial charge in [0.15, 0.2) is 0 Å². The van der Waals surface area contributed by atoms with Gasteiger partial charge in [0, 0.05) is 17.9 Å². The summed E-state index contributed by atoms with van der Waals surface area (Å²) in [7, 11) is 0. The molecule has 76 valence electrons. The van der Waals surface area contributed by atoms with E-state index >= 15 is 0 Å². The molecule has 0 amide bonds. The quantitative estimate of drug-likeness (QED) is 0.738. The lowest BCUT2D eigenvalue weighted by molar-refractivity contribution is 0.210. The molecule has 1 atom stereocenters. The van der Waals surface area contributed by atoms with E-state index < -0.39 is 0 Å².